The van der Waals surface area contributed by atoms with Crippen LogP contribution in [-0.2, 0) is 0 Å². The minimum absolute atomic E-state index is 0.0264. The summed E-state index contributed by atoms with van der Waals surface area (Å²) in [5.74, 6) is 0. The van der Waals surface area contributed by atoms with Crippen LogP contribution in [0.15, 0.2) is 29.3 Å². The van der Waals surface area contributed by atoms with Gasteiger partial charge in [-0.15, -0.1) is 0 Å². The normalized spacial score (nSPS) is 8.33. The van der Waals surface area contributed by atoms with Crippen LogP contribution in [0.4, 0.5) is 0 Å². The highest BCUT2D eigenvalue weighted by molar-refractivity contribution is 5.01. The quantitative estimate of drug-likeness (QED) is 0.450. The van der Waals surface area contributed by atoms with E-state index in [1.165, 1.54) is 16.7 Å². The Hall–Kier alpha value is -1.49. The Bertz CT molecular complexity index is 272. The summed E-state index contributed by atoms with van der Waals surface area (Å²) in [7, 11) is 0. The van der Waals surface area contributed by atoms with E-state index in [0.29, 0.717) is 0 Å². The average Bonchev–Trinajstić information content (AvgIpc) is 1.90. The van der Waals surface area contributed by atoms with E-state index in [9.17, 15) is 4.79 Å². The summed E-state index contributed by atoms with van der Waals surface area (Å²) >= 11 is 0. The van der Waals surface area contributed by atoms with E-state index in [1.807, 2.05) is 0 Å². The minimum atomic E-state index is -0.0264. The van der Waals surface area contributed by atoms with Gasteiger partial charge in [0.15, 0.2) is 5.43 Å². The first-order chi connectivity index (χ1) is 4.33. The number of pyridine rings is 1. The summed E-state index contributed by atoms with van der Waals surface area (Å²) in [6.07, 6.45) is 8.10. The van der Waals surface area contributed by atoms with Gasteiger partial charge in [0, 0.05) is 30.6 Å². The van der Waals surface area contributed by atoms with E-state index in [-0.39, 0.29) is 5.43 Å². The lowest BCUT2D eigenvalue weighted by molar-refractivity contribution is 1.09. The Balaban J connectivity index is 3.21. The number of aromatic nitrogens is 1. The van der Waals surface area contributed by atoms with Crippen LogP contribution in [0.2, 0.25) is 0 Å². The Morgan fingerprint density at radius 3 is 2.44 bits per heavy atom. The van der Waals surface area contributed by atoms with Gasteiger partial charge in [0.05, 0.1) is 0 Å². The minimum Gasteiger partial charge on any atom is -0.290 e. The van der Waals surface area contributed by atoms with Crippen LogP contribution in [0.25, 0.3) is 0 Å². The van der Waals surface area contributed by atoms with E-state index in [2.05, 4.69) is 6.04 Å². The van der Waals surface area contributed by atoms with Gasteiger partial charge in [-0.1, -0.05) is 6.42 Å². The molecule has 0 N–H and O–H groups in total. The maximum atomic E-state index is 10.5. The Kier molecular flexibility index (Phi) is 1.37. The third-order valence-corrected chi connectivity index (χ3v) is 0.948. The first-order valence-corrected chi connectivity index (χ1v) is 2.48. The molecule has 0 aliphatic heterocycles. The topological polar surface area (TPSA) is 22.0 Å². The molecule has 44 valence electrons. The van der Waals surface area contributed by atoms with Crippen molar-refractivity contribution in [2.45, 2.75) is 0 Å². The number of nitrogens with zero attached hydrogens (tertiary/aromatic N) is 1. The van der Waals surface area contributed by atoms with Crippen LogP contribution in [0, 0.1) is 12.5 Å². The van der Waals surface area contributed by atoms with E-state index in [1.54, 1.807) is 12.4 Å². The van der Waals surface area contributed by atoms with Crippen molar-refractivity contribution in [3.8, 4) is 12.5 Å². The molecule has 0 aliphatic carbocycles. The number of hydrogen-bond donors (Lipinski definition) is 0. The summed E-state index contributed by atoms with van der Waals surface area (Å²) in [4.78, 5) is 10.5. The lowest BCUT2D eigenvalue weighted by Crippen LogP contribution is -1.98. The van der Waals surface area contributed by atoms with Gasteiger partial charge < -0.3 is 0 Å². The third kappa shape index (κ3) is 1.20. The molecule has 1 aromatic rings. The summed E-state index contributed by atoms with van der Waals surface area (Å²) < 4.78 is 1.47. The monoisotopic (exact) mass is 119 g/mol. The van der Waals surface area contributed by atoms with Crippen LogP contribution in [0.3, 0.4) is 0 Å². The van der Waals surface area contributed by atoms with Gasteiger partial charge in [0.25, 0.3) is 0 Å². The molecule has 0 fully saturated rings. The lowest BCUT2D eigenvalue weighted by Gasteiger charge is -1.88. The smallest absolute Gasteiger partial charge is 0.181 e. The second-order valence-corrected chi connectivity index (χ2v) is 1.57. The standard InChI is InChI=1S/C7H5NO/c1-2-8-5-3-7(9)4-6-8/h1,3-6H. The zero-order valence-corrected chi connectivity index (χ0v) is 4.74. The summed E-state index contributed by atoms with van der Waals surface area (Å²) in [5.41, 5.74) is -0.0264. The van der Waals surface area contributed by atoms with E-state index < -0.39 is 0 Å². The van der Waals surface area contributed by atoms with Crippen molar-refractivity contribution < 1.29 is 0 Å². The number of rotatable bonds is 0. The van der Waals surface area contributed by atoms with Crippen molar-refractivity contribution in [1.82, 2.24) is 4.57 Å². The van der Waals surface area contributed by atoms with Gasteiger partial charge in [-0.3, -0.25) is 9.36 Å². The van der Waals surface area contributed by atoms with Crippen molar-refractivity contribution in [3.63, 3.8) is 0 Å². The highest BCUT2D eigenvalue weighted by Crippen LogP contribution is 1.76. The molecule has 0 amide bonds. The van der Waals surface area contributed by atoms with Gasteiger partial charge in [0.1, 0.15) is 0 Å². The molecule has 2 nitrogen and oxygen atoms in total. The average molecular weight is 119 g/mol. The Morgan fingerprint density at radius 1 is 1.44 bits per heavy atom. The van der Waals surface area contributed by atoms with Crippen molar-refractivity contribution >= 4 is 0 Å². The molecule has 1 aromatic heterocycles. The van der Waals surface area contributed by atoms with Crippen molar-refractivity contribution in [2.24, 2.45) is 0 Å². The molecule has 1 heterocycles. The fourth-order valence-electron chi connectivity index (χ4n) is 0.499. The molecule has 0 saturated carbocycles. The highest BCUT2D eigenvalue weighted by atomic mass is 16.1. The van der Waals surface area contributed by atoms with Crippen LogP contribution in [0.1, 0.15) is 0 Å². The lowest BCUT2D eigenvalue weighted by atomic mass is 10.5. The molecule has 0 aromatic carbocycles. The second-order valence-electron chi connectivity index (χ2n) is 1.57. The molecule has 0 atom stereocenters. The van der Waals surface area contributed by atoms with E-state index >= 15 is 0 Å². The zero-order chi connectivity index (χ0) is 6.69. The Labute approximate surface area is 52.8 Å². The van der Waals surface area contributed by atoms with Crippen LogP contribution < -0.4 is 5.43 Å². The van der Waals surface area contributed by atoms with Gasteiger partial charge in [0.2, 0.25) is 0 Å². The molecular formula is C7H5NO. The van der Waals surface area contributed by atoms with Gasteiger partial charge in [-0.2, -0.15) is 0 Å². The number of terminal acetylenes is 1. The molecule has 0 bridgehead atoms. The highest BCUT2D eigenvalue weighted by Gasteiger charge is 1.79. The Morgan fingerprint density at radius 2 is 2.00 bits per heavy atom. The van der Waals surface area contributed by atoms with Gasteiger partial charge >= 0.3 is 0 Å². The molecule has 0 unspecified atom stereocenters. The summed E-state index contributed by atoms with van der Waals surface area (Å²) in [6, 6.07) is 5.16. The third-order valence-electron chi connectivity index (χ3n) is 0.948. The first kappa shape index (κ1) is 5.64. The fraction of sp³-hybridized carbons (Fsp3) is 0. The van der Waals surface area contributed by atoms with E-state index in [0.717, 1.165) is 0 Å². The maximum Gasteiger partial charge on any atom is 0.181 e. The SMILES string of the molecule is C#Cn1ccc(=O)cc1. The van der Waals surface area contributed by atoms with Crippen molar-refractivity contribution in [1.29, 1.82) is 0 Å². The molecule has 0 aliphatic rings. The largest absolute Gasteiger partial charge is 0.290 e. The summed E-state index contributed by atoms with van der Waals surface area (Å²) in [6.45, 7) is 0. The van der Waals surface area contributed by atoms with Crippen molar-refractivity contribution in [2.75, 3.05) is 0 Å². The second kappa shape index (κ2) is 2.19. The van der Waals surface area contributed by atoms with E-state index in [4.69, 9.17) is 6.42 Å². The van der Waals surface area contributed by atoms with Gasteiger partial charge in [-0.25, -0.2) is 0 Å². The summed E-state index contributed by atoms with van der Waals surface area (Å²) in [5, 5.41) is 0. The van der Waals surface area contributed by atoms with Crippen LogP contribution in [-0.4, -0.2) is 4.57 Å². The van der Waals surface area contributed by atoms with Crippen LogP contribution >= 0.6 is 0 Å². The molecule has 0 radical (unpaired) electrons. The molecule has 0 spiro atoms. The molecule has 2 heteroatoms. The predicted molar refractivity (Wildman–Crippen MR) is 34.9 cm³/mol. The maximum absolute atomic E-state index is 10.5. The molecular weight excluding hydrogens is 114 g/mol. The van der Waals surface area contributed by atoms with Gasteiger partial charge in [-0.05, 0) is 0 Å². The first-order valence-electron chi connectivity index (χ1n) is 2.48. The zero-order valence-electron chi connectivity index (χ0n) is 4.74. The van der Waals surface area contributed by atoms with Crippen molar-refractivity contribution in [3.05, 3.63) is 34.7 Å². The fourth-order valence-corrected chi connectivity index (χ4v) is 0.499. The van der Waals surface area contributed by atoms with Crippen LogP contribution in [0.5, 0.6) is 0 Å². The number of hydrogen-bond acceptors (Lipinski definition) is 1. The molecule has 9 heavy (non-hydrogen) atoms. The predicted octanol–water partition coefficient (Wildman–Crippen LogP) is 0.287. The molecule has 0 saturated heterocycles. The molecule has 1 rings (SSSR count).